The second-order valence-electron chi connectivity index (χ2n) is 4.52. The molecule has 1 heterocycles. The first-order valence-corrected chi connectivity index (χ1v) is 9.14. The summed E-state index contributed by atoms with van der Waals surface area (Å²) in [5.41, 5.74) is 0.888. The Kier molecular flexibility index (Phi) is 6.42. The lowest BCUT2D eigenvalue weighted by atomic mass is 10.2. The number of hydrogen-bond donors (Lipinski definition) is 0. The molecule has 1 aromatic heterocycles. The number of hydrogen-bond acceptors (Lipinski definition) is 3. The van der Waals surface area contributed by atoms with Crippen LogP contribution in [0.2, 0.25) is 10.0 Å². The Morgan fingerprint density at radius 1 is 1.24 bits per heavy atom. The van der Waals surface area contributed by atoms with E-state index in [1.807, 2.05) is 42.8 Å². The van der Waals surface area contributed by atoms with E-state index in [2.05, 4.69) is 0 Å². The van der Waals surface area contributed by atoms with Crippen LogP contribution in [0.5, 0.6) is 0 Å². The van der Waals surface area contributed by atoms with Crippen LogP contribution in [0.3, 0.4) is 0 Å². The third-order valence-electron chi connectivity index (χ3n) is 2.93. The van der Waals surface area contributed by atoms with E-state index >= 15 is 0 Å². The molecule has 1 amide bonds. The zero-order chi connectivity index (χ0) is 15.2. The lowest BCUT2D eigenvalue weighted by Gasteiger charge is -2.16. The Balaban J connectivity index is 1.81. The first kappa shape index (κ1) is 16.7. The van der Waals surface area contributed by atoms with Crippen molar-refractivity contribution in [3.8, 4) is 0 Å². The van der Waals surface area contributed by atoms with E-state index in [-0.39, 0.29) is 5.91 Å². The molecule has 1 aromatic carbocycles. The van der Waals surface area contributed by atoms with Crippen molar-refractivity contribution in [2.45, 2.75) is 12.3 Å². The molecule has 0 atom stereocenters. The highest BCUT2D eigenvalue weighted by Gasteiger charge is 2.11. The summed E-state index contributed by atoms with van der Waals surface area (Å²) in [6.45, 7) is 0.657. The van der Waals surface area contributed by atoms with Crippen LogP contribution in [0.4, 0.5) is 0 Å². The van der Waals surface area contributed by atoms with Gasteiger partial charge in [0.2, 0.25) is 5.91 Å². The smallest absolute Gasteiger partial charge is 0.232 e. The molecule has 2 rings (SSSR count). The summed E-state index contributed by atoms with van der Waals surface area (Å²) in [5, 5.41) is 3.31. The molecule has 0 aliphatic carbocycles. The van der Waals surface area contributed by atoms with Crippen molar-refractivity contribution in [1.29, 1.82) is 0 Å². The van der Waals surface area contributed by atoms with Crippen molar-refractivity contribution in [3.05, 3.63) is 56.2 Å². The molecule has 21 heavy (non-hydrogen) atoms. The van der Waals surface area contributed by atoms with Gasteiger partial charge in [-0.3, -0.25) is 4.79 Å². The SMILES string of the molecule is CN(Cc1cccs1)C(=O)CSCc1c(Cl)cccc1Cl. The molecule has 2 aromatic rings. The number of thiophene rings is 1. The summed E-state index contributed by atoms with van der Waals surface area (Å²) in [4.78, 5) is 15.0. The maximum Gasteiger partial charge on any atom is 0.232 e. The molecule has 0 aliphatic rings. The number of rotatable bonds is 6. The van der Waals surface area contributed by atoms with Gasteiger partial charge < -0.3 is 4.90 Å². The summed E-state index contributed by atoms with van der Waals surface area (Å²) in [5.74, 6) is 1.16. The number of halogens is 2. The first-order chi connectivity index (χ1) is 10.1. The van der Waals surface area contributed by atoms with Gasteiger partial charge in [0.25, 0.3) is 0 Å². The fraction of sp³-hybridized carbons (Fsp3) is 0.267. The standard InChI is InChI=1S/C15H15Cl2NOS2/c1-18(8-11-4-3-7-21-11)15(19)10-20-9-12-13(16)5-2-6-14(12)17/h2-7H,8-10H2,1H3. The third kappa shape index (κ3) is 4.92. The molecule has 112 valence electrons. The van der Waals surface area contributed by atoms with Crippen molar-refractivity contribution >= 4 is 52.2 Å². The van der Waals surface area contributed by atoms with Gasteiger partial charge in [0.15, 0.2) is 0 Å². The molecule has 0 unspecified atom stereocenters. The van der Waals surface area contributed by atoms with E-state index in [1.165, 1.54) is 16.6 Å². The van der Waals surface area contributed by atoms with E-state index in [0.29, 0.717) is 28.1 Å². The van der Waals surface area contributed by atoms with Gasteiger partial charge >= 0.3 is 0 Å². The van der Waals surface area contributed by atoms with E-state index in [1.54, 1.807) is 16.2 Å². The van der Waals surface area contributed by atoms with Gasteiger partial charge in [-0.2, -0.15) is 0 Å². The highest BCUT2D eigenvalue weighted by molar-refractivity contribution is 7.99. The fourth-order valence-electron chi connectivity index (χ4n) is 1.75. The van der Waals surface area contributed by atoms with Crippen LogP contribution in [-0.2, 0) is 17.1 Å². The van der Waals surface area contributed by atoms with Gasteiger partial charge in [-0.25, -0.2) is 0 Å². The first-order valence-electron chi connectivity index (χ1n) is 6.35. The molecule has 0 saturated heterocycles. The van der Waals surface area contributed by atoms with Crippen LogP contribution in [0.25, 0.3) is 0 Å². The Bertz CT molecular complexity index is 581. The molecule has 0 aliphatic heterocycles. The summed E-state index contributed by atoms with van der Waals surface area (Å²) < 4.78 is 0. The van der Waals surface area contributed by atoms with Gasteiger partial charge in [-0.15, -0.1) is 23.1 Å². The average Bonchev–Trinajstić information content (AvgIpc) is 2.94. The largest absolute Gasteiger partial charge is 0.340 e. The zero-order valence-electron chi connectivity index (χ0n) is 11.5. The Hall–Kier alpha value is -0.680. The van der Waals surface area contributed by atoms with Gasteiger partial charge in [0, 0.05) is 27.7 Å². The maximum absolute atomic E-state index is 12.1. The van der Waals surface area contributed by atoms with E-state index < -0.39 is 0 Å². The average molecular weight is 360 g/mol. The Morgan fingerprint density at radius 3 is 2.57 bits per heavy atom. The van der Waals surface area contributed by atoms with E-state index in [0.717, 1.165) is 5.56 Å². The monoisotopic (exact) mass is 359 g/mol. The van der Waals surface area contributed by atoms with Crippen molar-refractivity contribution < 1.29 is 4.79 Å². The third-order valence-corrected chi connectivity index (χ3v) is 5.45. The second kappa shape index (κ2) is 8.08. The number of carbonyl (C=O) groups excluding carboxylic acids is 1. The number of carbonyl (C=O) groups is 1. The Labute approximate surface area is 143 Å². The quantitative estimate of drug-likeness (QED) is 0.727. The fourth-order valence-corrected chi connectivity index (χ4v) is 4.20. The number of amides is 1. The van der Waals surface area contributed by atoms with Gasteiger partial charge in [-0.05, 0) is 29.1 Å². The highest BCUT2D eigenvalue weighted by Crippen LogP contribution is 2.28. The maximum atomic E-state index is 12.1. The lowest BCUT2D eigenvalue weighted by molar-refractivity contribution is -0.127. The highest BCUT2D eigenvalue weighted by atomic mass is 35.5. The minimum absolute atomic E-state index is 0.108. The summed E-state index contributed by atoms with van der Waals surface area (Å²) >= 11 is 15.4. The second-order valence-corrected chi connectivity index (χ2v) is 7.35. The number of benzene rings is 1. The molecule has 0 radical (unpaired) electrons. The minimum Gasteiger partial charge on any atom is -0.340 e. The molecule has 0 spiro atoms. The van der Waals surface area contributed by atoms with Gasteiger partial charge in [0.1, 0.15) is 0 Å². The minimum atomic E-state index is 0.108. The predicted octanol–water partition coefficient (Wildman–Crippen LogP) is 4.95. The molecule has 6 heteroatoms. The molecule has 0 N–H and O–H groups in total. The van der Waals surface area contributed by atoms with Crippen molar-refractivity contribution in [1.82, 2.24) is 4.90 Å². The topological polar surface area (TPSA) is 20.3 Å². The summed E-state index contributed by atoms with van der Waals surface area (Å²) in [6.07, 6.45) is 0. The van der Waals surface area contributed by atoms with E-state index in [9.17, 15) is 4.79 Å². The normalized spacial score (nSPS) is 10.6. The molecular weight excluding hydrogens is 345 g/mol. The number of thioether (sulfide) groups is 1. The summed E-state index contributed by atoms with van der Waals surface area (Å²) in [7, 11) is 1.82. The van der Waals surface area contributed by atoms with Crippen LogP contribution in [0, 0.1) is 0 Å². The lowest BCUT2D eigenvalue weighted by Crippen LogP contribution is -2.27. The van der Waals surface area contributed by atoms with Crippen molar-refractivity contribution in [2.24, 2.45) is 0 Å². The summed E-state index contributed by atoms with van der Waals surface area (Å²) in [6, 6.07) is 9.47. The molecule has 2 nitrogen and oxygen atoms in total. The zero-order valence-corrected chi connectivity index (χ0v) is 14.7. The molecular formula is C15H15Cl2NOS2. The van der Waals surface area contributed by atoms with Crippen LogP contribution in [0.15, 0.2) is 35.7 Å². The van der Waals surface area contributed by atoms with Crippen LogP contribution in [0.1, 0.15) is 10.4 Å². The van der Waals surface area contributed by atoms with Crippen molar-refractivity contribution in [3.63, 3.8) is 0 Å². The van der Waals surface area contributed by atoms with Crippen LogP contribution >= 0.6 is 46.3 Å². The molecule has 0 fully saturated rings. The van der Waals surface area contributed by atoms with E-state index in [4.69, 9.17) is 23.2 Å². The predicted molar refractivity (Wildman–Crippen MR) is 93.4 cm³/mol. The number of nitrogens with zero attached hydrogens (tertiary/aromatic N) is 1. The van der Waals surface area contributed by atoms with Gasteiger partial charge in [-0.1, -0.05) is 35.3 Å². The Morgan fingerprint density at radius 2 is 1.95 bits per heavy atom. The van der Waals surface area contributed by atoms with Crippen LogP contribution in [-0.4, -0.2) is 23.6 Å². The van der Waals surface area contributed by atoms with Crippen LogP contribution < -0.4 is 0 Å². The molecule has 0 bridgehead atoms. The molecule has 0 saturated carbocycles. The van der Waals surface area contributed by atoms with Crippen molar-refractivity contribution in [2.75, 3.05) is 12.8 Å². The van der Waals surface area contributed by atoms with Gasteiger partial charge in [0.05, 0.1) is 12.3 Å².